The largest absolute Gasteiger partial charge is 0.469 e. The molecule has 0 unspecified atom stereocenters. The van der Waals surface area contributed by atoms with Gasteiger partial charge < -0.3 is 9.47 Å². The van der Waals surface area contributed by atoms with Crippen molar-refractivity contribution in [2.45, 2.75) is 26.4 Å². The molecular formula is C12H13BrFNO5. The highest BCUT2D eigenvalue weighted by Crippen LogP contribution is 2.35. The lowest BCUT2D eigenvalue weighted by Gasteiger charge is -2.23. The van der Waals surface area contributed by atoms with E-state index >= 15 is 0 Å². The standard InChI is InChI=1S/C12H13BrFNO5/c1-4-19-11(16)12(2,3)20-9-6-7(13)5-8(14)10(9)15(17)18/h5-6H,4H2,1-3H3. The van der Waals surface area contributed by atoms with E-state index < -0.39 is 28.0 Å². The second-order valence-electron chi connectivity index (χ2n) is 4.32. The normalized spacial score (nSPS) is 11.1. The SMILES string of the molecule is CCOC(=O)C(C)(C)Oc1cc(Br)cc(F)c1[N+](=O)[O-]. The molecule has 0 aliphatic carbocycles. The number of carbonyl (C=O) groups excluding carboxylic acids is 1. The number of nitro groups is 1. The van der Waals surface area contributed by atoms with Crippen molar-refractivity contribution in [3.8, 4) is 5.75 Å². The maximum absolute atomic E-state index is 13.6. The molecule has 0 aliphatic rings. The number of nitrogens with zero attached hydrogens (tertiary/aromatic N) is 1. The molecule has 6 nitrogen and oxygen atoms in total. The van der Waals surface area contributed by atoms with E-state index in [1.165, 1.54) is 19.9 Å². The van der Waals surface area contributed by atoms with E-state index in [4.69, 9.17) is 9.47 Å². The predicted octanol–water partition coefficient (Wildman–Crippen LogP) is 3.22. The quantitative estimate of drug-likeness (QED) is 0.463. The molecule has 0 heterocycles. The van der Waals surface area contributed by atoms with Gasteiger partial charge in [-0.1, -0.05) is 15.9 Å². The van der Waals surface area contributed by atoms with Gasteiger partial charge in [0, 0.05) is 10.5 Å². The van der Waals surface area contributed by atoms with E-state index in [0.29, 0.717) is 0 Å². The van der Waals surface area contributed by atoms with Crippen molar-refractivity contribution in [3.05, 3.63) is 32.5 Å². The van der Waals surface area contributed by atoms with Crippen LogP contribution in [0.3, 0.4) is 0 Å². The second-order valence-corrected chi connectivity index (χ2v) is 5.24. The first-order valence-electron chi connectivity index (χ1n) is 5.68. The van der Waals surface area contributed by atoms with Crippen LogP contribution < -0.4 is 4.74 Å². The number of rotatable bonds is 5. The summed E-state index contributed by atoms with van der Waals surface area (Å²) in [6.45, 7) is 4.52. The molecule has 1 aromatic carbocycles. The minimum Gasteiger partial charge on any atom is -0.469 e. The molecule has 110 valence electrons. The minimum absolute atomic E-state index is 0.139. The predicted molar refractivity (Wildman–Crippen MR) is 72.1 cm³/mol. The molecule has 0 atom stereocenters. The van der Waals surface area contributed by atoms with Gasteiger partial charge in [-0.25, -0.2) is 4.79 Å². The molecule has 0 saturated heterocycles. The Balaban J connectivity index is 3.20. The molecular weight excluding hydrogens is 337 g/mol. The molecule has 0 aromatic heterocycles. The van der Waals surface area contributed by atoms with Gasteiger partial charge in [0.1, 0.15) is 0 Å². The third-order valence-electron chi connectivity index (χ3n) is 2.31. The molecule has 1 rings (SSSR count). The first kappa shape index (κ1) is 16.4. The van der Waals surface area contributed by atoms with Crippen molar-refractivity contribution < 1.29 is 23.6 Å². The number of carbonyl (C=O) groups is 1. The number of hydrogen-bond acceptors (Lipinski definition) is 5. The minimum atomic E-state index is -1.48. The Labute approximate surface area is 123 Å². The fourth-order valence-electron chi connectivity index (χ4n) is 1.42. The van der Waals surface area contributed by atoms with E-state index in [0.717, 1.165) is 6.07 Å². The highest BCUT2D eigenvalue weighted by molar-refractivity contribution is 9.10. The summed E-state index contributed by atoms with van der Waals surface area (Å²) in [5.41, 5.74) is -2.31. The van der Waals surface area contributed by atoms with Crippen LogP contribution in [0.25, 0.3) is 0 Å². The lowest BCUT2D eigenvalue weighted by Crippen LogP contribution is -2.39. The molecule has 0 aliphatic heterocycles. The van der Waals surface area contributed by atoms with Crippen molar-refractivity contribution in [1.29, 1.82) is 0 Å². The molecule has 0 fully saturated rings. The van der Waals surface area contributed by atoms with E-state index in [1.54, 1.807) is 6.92 Å². The van der Waals surface area contributed by atoms with Gasteiger partial charge in [0.25, 0.3) is 0 Å². The lowest BCUT2D eigenvalue weighted by molar-refractivity contribution is -0.388. The highest BCUT2D eigenvalue weighted by Gasteiger charge is 2.35. The van der Waals surface area contributed by atoms with Crippen molar-refractivity contribution >= 4 is 27.6 Å². The van der Waals surface area contributed by atoms with Gasteiger partial charge in [-0.3, -0.25) is 10.1 Å². The first-order chi connectivity index (χ1) is 9.19. The van der Waals surface area contributed by atoms with Crippen molar-refractivity contribution in [2.75, 3.05) is 6.61 Å². The van der Waals surface area contributed by atoms with Gasteiger partial charge in [-0.15, -0.1) is 0 Å². The maximum Gasteiger partial charge on any atom is 0.349 e. The van der Waals surface area contributed by atoms with Gasteiger partial charge >= 0.3 is 11.7 Å². The third kappa shape index (κ3) is 3.66. The summed E-state index contributed by atoms with van der Waals surface area (Å²) in [5, 5.41) is 10.9. The van der Waals surface area contributed by atoms with Crippen LogP contribution in [0, 0.1) is 15.9 Å². The Morgan fingerprint density at radius 1 is 1.50 bits per heavy atom. The summed E-state index contributed by atoms with van der Waals surface area (Å²) in [6, 6.07) is 2.17. The van der Waals surface area contributed by atoms with E-state index in [1.807, 2.05) is 0 Å². The molecule has 1 aromatic rings. The smallest absolute Gasteiger partial charge is 0.349 e. The molecule has 20 heavy (non-hydrogen) atoms. The van der Waals surface area contributed by atoms with Gasteiger partial charge in [0.15, 0.2) is 0 Å². The van der Waals surface area contributed by atoms with Crippen LogP contribution in [0.15, 0.2) is 16.6 Å². The van der Waals surface area contributed by atoms with E-state index in [-0.39, 0.29) is 16.8 Å². The number of nitro benzene ring substituents is 1. The van der Waals surface area contributed by atoms with Crippen LogP contribution in [0.5, 0.6) is 5.75 Å². The first-order valence-corrected chi connectivity index (χ1v) is 6.48. The zero-order valence-electron chi connectivity index (χ0n) is 11.1. The average molecular weight is 350 g/mol. The molecule has 0 saturated carbocycles. The fraction of sp³-hybridized carbons (Fsp3) is 0.417. The topological polar surface area (TPSA) is 78.7 Å². The van der Waals surface area contributed by atoms with Gasteiger partial charge in [0.2, 0.25) is 17.2 Å². The van der Waals surface area contributed by atoms with Crippen molar-refractivity contribution in [2.24, 2.45) is 0 Å². The highest BCUT2D eigenvalue weighted by atomic mass is 79.9. The zero-order valence-corrected chi connectivity index (χ0v) is 12.7. The molecule has 0 N–H and O–H groups in total. The second kappa shape index (κ2) is 6.17. The number of esters is 1. The molecule has 8 heteroatoms. The Bertz CT molecular complexity index is 547. The van der Waals surface area contributed by atoms with Crippen LogP contribution in [-0.2, 0) is 9.53 Å². The fourth-order valence-corrected chi connectivity index (χ4v) is 1.83. The summed E-state index contributed by atoms with van der Waals surface area (Å²) >= 11 is 3.01. The summed E-state index contributed by atoms with van der Waals surface area (Å²) in [7, 11) is 0. The van der Waals surface area contributed by atoms with Crippen LogP contribution in [0.1, 0.15) is 20.8 Å². The summed E-state index contributed by atoms with van der Waals surface area (Å²) in [4.78, 5) is 21.7. The number of hydrogen-bond donors (Lipinski definition) is 0. The molecule has 0 bridgehead atoms. The Hall–Kier alpha value is -1.70. The zero-order chi connectivity index (χ0) is 15.5. The van der Waals surface area contributed by atoms with Crippen LogP contribution in [0.4, 0.5) is 10.1 Å². The summed E-state index contributed by atoms with van der Waals surface area (Å²) in [5.74, 6) is -2.10. The summed E-state index contributed by atoms with van der Waals surface area (Å²) < 4.78 is 24.0. The molecule has 0 radical (unpaired) electrons. The van der Waals surface area contributed by atoms with Crippen LogP contribution >= 0.6 is 15.9 Å². The third-order valence-corrected chi connectivity index (χ3v) is 2.77. The Morgan fingerprint density at radius 3 is 2.60 bits per heavy atom. The Morgan fingerprint density at radius 2 is 2.10 bits per heavy atom. The monoisotopic (exact) mass is 349 g/mol. The van der Waals surface area contributed by atoms with Crippen molar-refractivity contribution in [1.82, 2.24) is 0 Å². The van der Waals surface area contributed by atoms with Gasteiger partial charge in [0.05, 0.1) is 11.5 Å². The number of ether oxygens (including phenoxy) is 2. The van der Waals surface area contributed by atoms with Crippen LogP contribution in [0.2, 0.25) is 0 Å². The Kier molecular flexibility index (Phi) is 5.04. The number of halogens is 2. The lowest BCUT2D eigenvalue weighted by atomic mass is 10.1. The average Bonchev–Trinajstić information content (AvgIpc) is 2.26. The molecule has 0 amide bonds. The number of benzene rings is 1. The van der Waals surface area contributed by atoms with Crippen molar-refractivity contribution in [3.63, 3.8) is 0 Å². The van der Waals surface area contributed by atoms with Crippen LogP contribution in [-0.4, -0.2) is 23.1 Å². The summed E-state index contributed by atoms with van der Waals surface area (Å²) in [6.07, 6.45) is 0. The molecule has 0 spiro atoms. The van der Waals surface area contributed by atoms with Gasteiger partial charge in [-0.05, 0) is 26.8 Å². The van der Waals surface area contributed by atoms with E-state index in [9.17, 15) is 19.3 Å². The van der Waals surface area contributed by atoms with E-state index in [2.05, 4.69) is 15.9 Å². The van der Waals surface area contributed by atoms with Gasteiger partial charge in [-0.2, -0.15) is 4.39 Å². The maximum atomic E-state index is 13.6.